The highest BCUT2D eigenvalue weighted by Gasteiger charge is 2.16. The SMILES string of the molecule is CCc1ccc(OC(=O)Cn2cnc3c2c(=O)n(C)c(=O)n3C)cc1. The summed E-state index contributed by atoms with van der Waals surface area (Å²) < 4.78 is 8.93. The van der Waals surface area contributed by atoms with Crippen LogP contribution in [0.15, 0.2) is 40.2 Å². The van der Waals surface area contributed by atoms with E-state index in [2.05, 4.69) is 4.98 Å². The molecule has 0 radical (unpaired) electrons. The summed E-state index contributed by atoms with van der Waals surface area (Å²) in [5.74, 6) is -0.0913. The van der Waals surface area contributed by atoms with Crippen molar-refractivity contribution in [3.05, 3.63) is 57.0 Å². The monoisotopic (exact) mass is 342 g/mol. The lowest BCUT2D eigenvalue weighted by Crippen LogP contribution is -2.37. The minimum atomic E-state index is -0.528. The smallest absolute Gasteiger partial charge is 0.332 e. The molecule has 0 aliphatic carbocycles. The molecule has 0 saturated heterocycles. The first-order valence-electron chi connectivity index (χ1n) is 7.82. The van der Waals surface area contributed by atoms with Crippen LogP contribution in [-0.4, -0.2) is 24.7 Å². The average Bonchev–Trinajstić information content (AvgIpc) is 3.02. The number of rotatable bonds is 4. The number of imidazole rings is 1. The van der Waals surface area contributed by atoms with Crippen molar-refractivity contribution >= 4 is 17.1 Å². The van der Waals surface area contributed by atoms with Crippen LogP contribution >= 0.6 is 0 Å². The van der Waals surface area contributed by atoms with Crippen molar-refractivity contribution in [2.24, 2.45) is 14.1 Å². The van der Waals surface area contributed by atoms with Gasteiger partial charge in [-0.25, -0.2) is 14.6 Å². The van der Waals surface area contributed by atoms with Crippen LogP contribution < -0.4 is 16.0 Å². The summed E-state index contributed by atoms with van der Waals surface area (Å²) in [7, 11) is 2.91. The minimum Gasteiger partial charge on any atom is -0.425 e. The van der Waals surface area contributed by atoms with E-state index in [1.165, 1.54) is 29.6 Å². The quantitative estimate of drug-likeness (QED) is 0.512. The summed E-state index contributed by atoms with van der Waals surface area (Å²) in [6.45, 7) is 1.86. The van der Waals surface area contributed by atoms with Gasteiger partial charge in [-0.3, -0.25) is 13.9 Å². The Balaban J connectivity index is 1.89. The van der Waals surface area contributed by atoms with Crippen LogP contribution in [0, 0.1) is 0 Å². The molecule has 0 aliphatic rings. The molecule has 0 atom stereocenters. The molecule has 2 aromatic heterocycles. The van der Waals surface area contributed by atoms with E-state index >= 15 is 0 Å². The Hall–Kier alpha value is -3.16. The molecule has 3 aromatic rings. The fourth-order valence-electron chi connectivity index (χ4n) is 2.61. The van der Waals surface area contributed by atoms with Gasteiger partial charge in [0.05, 0.1) is 6.33 Å². The molecule has 130 valence electrons. The van der Waals surface area contributed by atoms with E-state index in [9.17, 15) is 14.4 Å². The van der Waals surface area contributed by atoms with Crippen molar-refractivity contribution in [3.63, 3.8) is 0 Å². The van der Waals surface area contributed by atoms with Crippen LogP contribution in [0.2, 0.25) is 0 Å². The van der Waals surface area contributed by atoms with Crippen molar-refractivity contribution in [2.75, 3.05) is 0 Å². The van der Waals surface area contributed by atoms with Gasteiger partial charge in [0.1, 0.15) is 12.3 Å². The van der Waals surface area contributed by atoms with Crippen molar-refractivity contribution < 1.29 is 9.53 Å². The number of benzene rings is 1. The molecule has 8 nitrogen and oxygen atoms in total. The number of nitrogens with zero attached hydrogens (tertiary/aromatic N) is 4. The fourth-order valence-corrected chi connectivity index (χ4v) is 2.61. The Labute approximate surface area is 142 Å². The van der Waals surface area contributed by atoms with Crippen LogP contribution in [0.25, 0.3) is 11.2 Å². The zero-order valence-corrected chi connectivity index (χ0v) is 14.2. The van der Waals surface area contributed by atoms with E-state index in [-0.39, 0.29) is 17.7 Å². The number of hydrogen-bond acceptors (Lipinski definition) is 5. The number of fused-ring (bicyclic) bond motifs is 1. The number of esters is 1. The molecule has 0 aliphatic heterocycles. The Bertz CT molecular complexity index is 1060. The van der Waals surface area contributed by atoms with Gasteiger partial charge >= 0.3 is 11.7 Å². The van der Waals surface area contributed by atoms with Crippen molar-refractivity contribution in [1.29, 1.82) is 0 Å². The second-order valence-electron chi connectivity index (χ2n) is 5.72. The van der Waals surface area contributed by atoms with E-state index in [1.54, 1.807) is 12.1 Å². The van der Waals surface area contributed by atoms with Gasteiger partial charge in [-0.05, 0) is 24.1 Å². The van der Waals surface area contributed by atoms with Crippen LogP contribution in [0.3, 0.4) is 0 Å². The molecule has 1 aromatic carbocycles. The summed E-state index contributed by atoms with van der Waals surface area (Å²) in [5, 5.41) is 0. The number of carbonyl (C=O) groups is 1. The molecule has 8 heteroatoms. The molecule has 0 amide bonds. The van der Waals surface area contributed by atoms with Gasteiger partial charge in [-0.15, -0.1) is 0 Å². The maximum absolute atomic E-state index is 12.3. The maximum atomic E-state index is 12.3. The second-order valence-corrected chi connectivity index (χ2v) is 5.72. The highest BCUT2D eigenvalue weighted by Crippen LogP contribution is 2.13. The average molecular weight is 342 g/mol. The summed E-state index contributed by atoms with van der Waals surface area (Å²) in [4.78, 5) is 40.5. The third-order valence-electron chi connectivity index (χ3n) is 4.08. The summed E-state index contributed by atoms with van der Waals surface area (Å²) in [5.41, 5.74) is 0.581. The largest absolute Gasteiger partial charge is 0.425 e. The van der Waals surface area contributed by atoms with Gasteiger partial charge in [0, 0.05) is 14.1 Å². The molecule has 0 bridgehead atoms. The Morgan fingerprint density at radius 3 is 2.44 bits per heavy atom. The molecular formula is C17H18N4O4. The normalized spacial score (nSPS) is 11.0. The lowest BCUT2D eigenvalue weighted by molar-refractivity contribution is -0.135. The number of ether oxygens (including phenoxy) is 1. The van der Waals surface area contributed by atoms with Crippen LogP contribution in [0.5, 0.6) is 5.75 Å². The first-order chi connectivity index (χ1) is 11.9. The maximum Gasteiger partial charge on any atom is 0.332 e. The van der Waals surface area contributed by atoms with Gasteiger partial charge in [0.2, 0.25) is 0 Å². The molecular weight excluding hydrogens is 324 g/mol. The van der Waals surface area contributed by atoms with Crippen molar-refractivity contribution in [1.82, 2.24) is 18.7 Å². The predicted molar refractivity (Wildman–Crippen MR) is 91.7 cm³/mol. The Morgan fingerprint density at radius 1 is 1.12 bits per heavy atom. The van der Waals surface area contributed by atoms with Crippen molar-refractivity contribution in [3.8, 4) is 5.75 Å². The van der Waals surface area contributed by atoms with Gasteiger partial charge in [0.25, 0.3) is 5.56 Å². The van der Waals surface area contributed by atoms with E-state index in [0.717, 1.165) is 16.6 Å². The summed E-state index contributed by atoms with van der Waals surface area (Å²) >= 11 is 0. The first kappa shape index (κ1) is 16.7. The molecule has 0 fully saturated rings. The highest BCUT2D eigenvalue weighted by molar-refractivity contribution is 5.76. The molecule has 0 spiro atoms. The zero-order valence-electron chi connectivity index (χ0n) is 14.2. The Kier molecular flexibility index (Phi) is 4.26. The molecule has 0 unspecified atom stereocenters. The van der Waals surface area contributed by atoms with Crippen molar-refractivity contribution in [2.45, 2.75) is 19.9 Å². The van der Waals surface area contributed by atoms with Gasteiger partial charge < -0.3 is 9.30 Å². The highest BCUT2D eigenvalue weighted by atomic mass is 16.5. The predicted octanol–water partition coefficient (Wildman–Crippen LogP) is 0.602. The van der Waals surface area contributed by atoms with E-state index in [1.807, 2.05) is 19.1 Å². The van der Waals surface area contributed by atoms with Gasteiger partial charge in [0.15, 0.2) is 11.2 Å². The van der Waals surface area contributed by atoms with Crippen LogP contribution in [0.4, 0.5) is 0 Å². The van der Waals surface area contributed by atoms with Crippen LogP contribution in [0.1, 0.15) is 12.5 Å². The third-order valence-corrected chi connectivity index (χ3v) is 4.08. The lowest BCUT2D eigenvalue weighted by Gasteiger charge is -2.07. The topological polar surface area (TPSA) is 88.1 Å². The molecule has 25 heavy (non-hydrogen) atoms. The fraction of sp³-hybridized carbons (Fsp3) is 0.294. The number of aromatic nitrogens is 4. The number of carbonyl (C=O) groups excluding carboxylic acids is 1. The molecule has 2 heterocycles. The molecule has 0 saturated carbocycles. The minimum absolute atomic E-state index is 0.181. The van der Waals surface area contributed by atoms with Gasteiger partial charge in [-0.1, -0.05) is 19.1 Å². The molecule has 0 N–H and O–H groups in total. The molecule has 3 rings (SSSR count). The Morgan fingerprint density at radius 2 is 1.80 bits per heavy atom. The zero-order chi connectivity index (χ0) is 18.1. The standard InChI is InChI=1S/C17H18N4O4/c1-4-11-5-7-12(8-6-11)25-13(22)9-21-10-18-15-14(21)16(23)20(3)17(24)19(15)2/h5-8,10H,4,9H2,1-3H3. The number of aryl methyl sites for hydroxylation is 2. The number of hydrogen-bond donors (Lipinski definition) is 0. The van der Waals surface area contributed by atoms with E-state index in [0.29, 0.717) is 5.75 Å². The second kappa shape index (κ2) is 6.39. The summed E-state index contributed by atoms with van der Waals surface area (Å²) in [6.07, 6.45) is 2.25. The lowest BCUT2D eigenvalue weighted by atomic mass is 10.2. The van der Waals surface area contributed by atoms with Gasteiger partial charge in [-0.2, -0.15) is 0 Å². The first-order valence-corrected chi connectivity index (χ1v) is 7.82. The van der Waals surface area contributed by atoms with E-state index in [4.69, 9.17) is 4.74 Å². The third kappa shape index (κ3) is 2.98. The van der Waals surface area contributed by atoms with Crippen LogP contribution in [-0.2, 0) is 31.9 Å². The summed E-state index contributed by atoms with van der Waals surface area (Å²) in [6, 6.07) is 7.23. The van der Waals surface area contributed by atoms with E-state index < -0.39 is 17.2 Å².